The van der Waals surface area contributed by atoms with Crippen LogP contribution in [0.1, 0.15) is 80.7 Å². The van der Waals surface area contributed by atoms with E-state index in [1.165, 1.54) is 0 Å². The molecule has 96 heavy (non-hydrogen) atoms. The SMILES string of the molecule is COc1ccc(CN(C)CC(=O)Nc2cc(COc3ccc(NC(=O)Nc4cc(C(C)(C)C)nn4-c4ccc(C)cc4)c4ccccc34)ccn2)cc1.Cc1ccc(-n2nc(C(C)(C)C)cc2NC(=O)Nc2ccc(OCc3ccnc(NC(=O)CCl)c3)c3ccccc23)cc1. The number of halogens is 1. The van der Waals surface area contributed by atoms with Crippen LogP contribution in [0.25, 0.3) is 32.9 Å². The van der Waals surface area contributed by atoms with Crippen LogP contribution in [0.15, 0.2) is 194 Å². The number of anilines is 6. The number of methoxy groups -OCH3 is 1. The highest BCUT2D eigenvalue weighted by Crippen LogP contribution is 2.36. The molecule has 0 aliphatic carbocycles. The van der Waals surface area contributed by atoms with E-state index in [-0.39, 0.29) is 48.3 Å². The van der Waals surface area contributed by atoms with Gasteiger partial charge in [-0.1, -0.05) is 138 Å². The minimum absolute atomic E-state index is 0.152. The van der Waals surface area contributed by atoms with E-state index in [0.717, 1.165) is 77.9 Å². The van der Waals surface area contributed by atoms with Gasteiger partial charge in [0.2, 0.25) is 11.8 Å². The molecule has 0 radical (unpaired) electrons. The molecule has 0 aliphatic heterocycles. The fourth-order valence-electron chi connectivity index (χ4n) is 10.3. The van der Waals surface area contributed by atoms with Crippen LogP contribution in [0.3, 0.4) is 0 Å². The lowest BCUT2D eigenvalue weighted by Gasteiger charge is -2.17. The van der Waals surface area contributed by atoms with Crippen molar-refractivity contribution in [2.24, 2.45) is 0 Å². The van der Waals surface area contributed by atoms with Gasteiger partial charge in [0.1, 0.15) is 59.6 Å². The normalized spacial score (nSPS) is 11.3. The Morgan fingerprint density at radius 2 is 0.917 bits per heavy atom. The molecular weight excluding hydrogens is 1230 g/mol. The van der Waals surface area contributed by atoms with Crippen LogP contribution in [0.5, 0.6) is 17.2 Å². The Hall–Kier alpha value is -11.1. The lowest BCUT2D eigenvalue weighted by atomic mass is 9.92. The fourth-order valence-corrected chi connectivity index (χ4v) is 10.3. The summed E-state index contributed by atoms with van der Waals surface area (Å²) in [4.78, 5) is 61.6. The molecule has 4 aromatic heterocycles. The zero-order valence-corrected chi connectivity index (χ0v) is 56.1. The Labute approximate surface area is 563 Å². The maximum Gasteiger partial charge on any atom is 0.324 e. The van der Waals surface area contributed by atoms with Gasteiger partial charge in [0.15, 0.2) is 0 Å². The van der Waals surface area contributed by atoms with Crippen molar-refractivity contribution < 1.29 is 33.4 Å². The maximum atomic E-state index is 13.5. The summed E-state index contributed by atoms with van der Waals surface area (Å²) >= 11 is 5.58. The van der Waals surface area contributed by atoms with Crippen molar-refractivity contribution >= 4 is 91.7 Å². The van der Waals surface area contributed by atoms with Crippen molar-refractivity contribution in [1.82, 2.24) is 34.4 Å². The summed E-state index contributed by atoms with van der Waals surface area (Å²) in [5.74, 6) is 3.42. The molecule has 0 spiro atoms. The third kappa shape index (κ3) is 17.8. The van der Waals surface area contributed by atoms with E-state index in [4.69, 9.17) is 36.0 Å². The van der Waals surface area contributed by atoms with Crippen molar-refractivity contribution in [3.8, 4) is 28.6 Å². The Morgan fingerprint density at radius 3 is 1.33 bits per heavy atom. The molecule has 6 N–H and O–H groups in total. The number of benzene rings is 7. The highest BCUT2D eigenvalue weighted by molar-refractivity contribution is 6.29. The molecule has 20 nitrogen and oxygen atoms in total. The number of nitrogens with one attached hydrogen (secondary N) is 6. The van der Waals surface area contributed by atoms with Crippen molar-refractivity contribution in [1.29, 1.82) is 0 Å². The number of rotatable bonds is 20. The molecule has 21 heteroatoms. The molecule has 4 heterocycles. The van der Waals surface area contributed by atoms with Gasteiger partial charge in [-0.15, -0.1) is 11.6 Å². The van der Waals surface area contributed by atoms with Gasteiger partial charge in [-0.25, -0.2) is 28.9 Å². The summed E-state index contributed by atoms with van der Waals surface area (Å²) in [5, 5.41) is 30.5. The van der Waals surface area contributed by atoms with E-state index < -0.39 is 12.1 Å². The number of aryl methyl sites for hydroxylation is 2. The van der Waals surface area contributed by atoms with Gasteiger partial charge in [0.05, 0.1) is 47.8 Å². The number of nitrogens with zero attached hydrogens (tertiary/aromatic N) is 7. The van der Waals surface area contributed by atoms with Crippen LogP contribution in [0, 0.1) is 13.8 Å². The highest BCUT2D eigenvalue weighted by Gasteiger charge is 2.24. The largest absolute Gasteiger partial charge is 0.497 e. The number of ether oxygens (including phenoxy) is 3. The fraction of sp³-hybridized carbons (Fsp3) is 0.227. The van der Waals surface area contributed by atoms with Crippen molar-refractivity contribution in [3.63, 3.8) is 0 Å². The summed E-state index contributed by atoms with van der Waals surface area (Å²) in [6, 6.07) is 56.7. The Bertz CT molecular complexity index is 4560. The number of hydrogen-bond donors (Lipinski definition) is 6. The van der Waals surface area contributed by atoms with Gasteiger partial charge in [0.25, 0.3) is 0 Å². The predicted molar refractivity (Wildman–Crippen MR) is 382 cm³/mol. The Kier molecular flexibility index (Phi) is 21.4. The quantitative estimate of drug-likeness (QED) is 0.0391. The summed E-state index contributed by atoms with van der Waals surface area (Å²) in [6.07, 6.45) is 3.25. The van der Waals surface area contributed by atoms with Crippen LogP contribution in [-0.4, -0.2) is 84.9 Å². The topological polar surface area (TPSA) is 233 Å². The first-order valence-electron chi connectivity index (χ1n) is 31.2. The predicted octanol–water partition coefficient (Wildman–Crippen LogP) is 15.8. The van der Waals surface area contributed by atoms with Crippen molar-refractivity contribution in [3.05, 3.63) is 234 Å². The van der Waals surface area contributed by atoms with Gasteiger partial charge in [-0.3, -0.25) is 25.1 Å². The highest BCUT2D eigenvalue weighted by atomic mass is 35.5. The number of likely N-dealkylation sites (N-methyl/N-ethyl adjacent to an activating group) is 1. The molecule has 0 fully saturated rings. The van der Waals surface area contributed by atoms with E-state index in [1.54, 1.807) is 41.0 Å². The molecule has 492 valence electrons. The maximum absolute atomic E-state index is 13.5. The Balaban J connectivity index is 0.000000213. The molecule has 6 amide bonds. The number of urea groups is 2. The lowest BCUT2D eigenvalue weighted by molar-refractivity contribution is -0.117. The second-order valence-electron chi connectivity index (χ2n) is 25.2. The summed E-state index contributed by atoms with van der Waals surface area (Å²) in [6.45, 7) is 17.9. The molecule has 0 aliphatic rings. The average molecular weight is 1310 g/mol. The van der Waals surface area contributed by atoms with E-state index >= 15 is 0 Å². The number of fused-ring (bicyclic) bond motifs is 2. The standard InChI is InChI=1S/C42H45N7O4.C33H33ClN6O3/c1-28-11-15-31(16-12-28)49-39(24-37(47-49)42(2,3)4)46-41(51)44-35-19-20-36(34-10-8-7-9-33(34)35)53-27-30-21-22-43-38(23-30)45-40(50)26-48(5)25-29-13-17-32(52-6)18-14-29;1-21-9-11-23(12-10-21)40-30(18-28(39-40)33(2,3)4)38-32(42)36-26-13-14-27(25-8-6-5-7-24(25)26)43-20-22-15-16-35-29(17-22)37-31(41)19-34/h7-24H,25-27H2,1-6H3,(H,43,45,50)(H2,44,46,51);5-18H,19-20H2,1-4H3,(H,35,37,41)(H2,36,38,42). The molecule has 7 aromatic carbocycles. The summed E-state index contributed by atoms with van der Waals surface area (Å²) < 4.78 is 21.2. The number of amides is 6. The Morgan fingerprint density at radius 1 is 0.490 bits per heavy atom. The molecule has 0 saturated carbocycles. The van der Waals surface area contributed by atoms with Crippen LogP contribution in [0.4, 0.5) is 44.2 Å². The number of hydrogen-bond acceptors (Lipinski definition) is 12. The first-order valence-corrected chi connectivity index (χ1v) is 31.8. The van der Waals surface area contributed by atoms with E-state index in [1.807, 2.05) is 196 Å². The molecule has 0 saturated heterocycles. The minimum atomic E-state index is -0.393. The number of carbonyl (C=O) groups is 4. The van der Waals surface area contributed by atoms with Crippen LogP contribution >= 0.6 is 11.6 Å². The van der Waals surface area contributed by atoms with Gasteiger partial charge < -0.3 is 35.5 Å². The lowest BCUT2D eigenvalue weighted by Crippen LogP contribution is -2.30. The summed E-state index contributed by atoms with van der Waals surface area (Å²) in [7, 11) is 3.53. The minimum Gasteiger partial charge on any atom is -0.497 e. The molecular formula is C75H78ClN13O7. The molecule has 11 aromatic rings. The van der Waals surface area contributed by atoms with Gasteiger partial charge in [-0.2, -0.15) is 10.2 Å². The van der Waals surface area contributed by atoms with Gasteiger partial charge in [-0.05, 0) is 123 Å². The number of aromatic nitrogens is 6. The monoisotopic (exact) mass is 1310 g/mol. The zero-order valence-electron chi connectivity index (χ0n) is 55.4. The summed E-state index contributed by atoms with van der Waals surface area (Å²) in [5.41, 5.74) is 9.29. The smallest absolute Gasteiger partial charge is 0.324 e. The van der Waals surface area contributed by atoms with E-state index in [9.17, 15) is 19.2 Å². The van der Waals surface area contributed by atoms with Crippen molar-refractivity contribution in [2.45, 2.75) is 86.0 Å². The van der Waals surface area contributed by atoms with Gasteiger partial charge in [0, 0.05) is 63.4 Å². The van der Waals surface area contributed by atoms with Gasteiger partial charge >= 0.3 is 12.1 Å². The number of pyridine rings is 2. The van der Waals surface area contributed by atoms with Crippen LogP contribution < -0.4 is 46.1 Å². The first-order chi connectivity index (χ1) is 46.0. The first kappa shape index (κ1) is 67.8. The molecule has 0 bridgehead atoms. The number of alkyl halides is 1. The van der Waals surface area contributed by atoms with E-state index in [2.05, 4.69) is 83.4 Å². The average Bonchev–Trinajstić information content (AvgIpc) is 1.48. The second-order valence-corrected chi connectivity index (χ2v) is 25.5. The molecule has 11 rings (SSSR count). The third-order valence-electron chi connectivity index (χ3n) is 15.4. The molecule has 0 atom stereocenters. The molecule has 0 unspecified atom stereocenters. The van der Waals surface area contributed by atoms with E-state index in [0.29, 0.717) is 52.7 Å². The van der Waals surface area contributed by atoms with Crippen LogP contribution in [0.2, 0.25) is 0 Å². The third-order valence-corrected chi connectivity index (χ3v) is 15.6. The van der Waals surface area contributed by atoms with Crippen LogP contribution in [-0.2, 0) is 40.2 Å². The second kappa shape index (κ2) is 30.3. The number of carbonyl (C=O) groups excluding carboxylic acids is 4. The zero-order chi connectivity index (χ0) is 68.1. The van der Waals surface area contributed by atoms with Crippen molar-refractivity contribution in [2.75, 3.05) is 58.5 Å².